The largest absolute Gasteiger partial charge is 0.151 e. The molecule has 0 amide bonds. The zero-order valence-corrected chi connectivity index (χ0v) is 7.83. The smallest absolute Gasteiger partial charge is 0.149 e. The second-order valence-electron chi connectivity index (χ2n) is 2.90. The van der Waals surface area contributed by atoms with E-state index in [2.05, 4.69) is 28.4 Å². The Hall–Kier alpha value is -1.15. The molecule has 0 spiro atoms. The van der Waals surface area contributed by atoms with Gasteiger partial charge in [-0.1, -0.05) is 29.8 Å². The maximum atomic E-state index is 5.64. The SMILES string of the molecule is Clc1ccc(C2=CC=CCC2)nn1. The fraction of sp³-hybridized carbons (Fsp3) is 0.200. The topological polar surface area (TPSA) is 25.8 Å². The molecule has 0 radical (unpaired) electrons. The van der Waals surface area contributed by atoms with Crippen LogP contribution in [0.25, 0.3) is 5.57 Å². The molecule has 0 atom stereocenters. The maximum absolute atomic E-state index is 5.64. The molecular weight excluding hydrogens is 184 g/mol. The van der Waals surface area contributed by atoms with Gasteiger partial charge < -0.3 is 0 Å². The van der Waals surface area contributed by atoms with E-state index in [1.165, 1.54) is 5.57 Å². The van der Waals surface area contributed by atoms with Crippen LogP contribution >= 0.6 is 11.6 Å². The maximum Gasteiger partial charge on any atom is 0.151 e. The Balaban J connectivity index is 2.30. The molecule has 0 aromatic carbocycles. The molecule has 66 valence electrons. The monoisotopic (exact) mass is 192 g/mol. The van der Waals surface area contributed by atoms with Gasteiger partial charge in [0.15, 0.2) is 5.15 Å². The minimum Gasteiger partial charge on any atom is -0.149 e. The summed E-state index contributed by atoms with van der Waals surface area (Å²) in [4.78, 5) is 0. The minimum atomic E-state index is 0.440. The van der Waals surface area contributed by atoms with E-state index in [9.17, 15) is 0 Å². The van der Waals surface area contributed by atoms with Gasteiger partial charge in [0, 0.05) is 0 Å². The van der Waals surface area contributed by atoms with Gasteiger partial charge in [-0.3, -0.25) is 0 Å². The Bertz CT molecular complexity index is 352. The molecule has 0 bridgehead atoms. The number of halogens is 1. The van der Waals surface area contributed by atoms with E-state index in [-0.39, 0.29) is 0 Å². The Morgan fingerprint density at radius 3 is 2.77 bits per heavy atom. The Labute approximate surface area is 81.9 Å². The van der Waals surface area contributed by atoms with Gasteiger partial charge in [-0.2, -0.15) is 0 Å². The van der Waals surface area contributed by atoms with Crippen LogP contribution in [0.3, 0.4) is 0 Å². The number of hydrogen-bond donors (Lipinski definition) is 0. The summed E-state index contributed by atoms with van der Waals surface area (Å²) in [6.45, 7) is 0. The highest BCUT2D eigenvalue weighted by Gasteiger charge is 2.04. The Morgan fingerprint density at radius 1 is 1.23 bits per heavy atom. The first-order valence-electron chi connectivity index (χ1n) is 4.21. The van der Waals surface area contributed by atoms with Crippen LogP contribution in [0.15, 0.2) is 30.4 Å². The summed E-state index contributed by atoms with van der Waals surface area (Å²) in [5.74, 6) is 0. The number of nitrogens with zero attached hydrogens (tertiary/aromatic N) is 2. The van der Waals surface area contributed by atoms with E-state index in [0.717, 1.165) is 18.5 Å². The van der Waals surface area contributed by atoms with Crippen molar-refractivity contribution < 1.29 is 0 Å². The molecule has 0 N–H and O–H groups in total. The summed E-state index contributed by atoms with van der Waals surface area (Å²) in [6.07, 6.45) is 8.38. The van der Waals surface area contributed by atoms with Gasteiger partial charge >= 0.3 is 0 Å². The summed E-state index contributed by atoms with van der Waals surface area (Å²) in [5.41, 5.74) is 2.15. The number of hydrogen-bond acceptors (Lipinski definition) is 2. The van der Waals surface area contributed by atoms with Crippen LogP contribution in [0.1, 0.15) is 18.5 Å². The third-order valence-electron chi connectivity index (χ3n) is 1.97. The number of rotatable bonds is 1. The zero-order valence-electron chi connectivity index (χ0n) is 7.07. The van der Waals surface area contributed by atoms with Crippen LogP contribution in [0.5, 0.6) is 0 Å². The van der Waals surface area contributed by atoms with Crippen molar-refractivity contribution in [3.05, 3.63) is 41.2 Å². The zero-order chi connectivity index (χ0) is 9.10. The third-order valence-corrected chi connectivity index (χ3v) is 2.18. The Morgan fingerprint density at radius 2 is 2.15 bits per heavy atom. The van der Waals surface area contributed by atoms with E-state index < -0.39 is 0 Å². The molecule has 0 saturated heterocycles. The van der Waals surface area contributed by atoms with Gasteiger partial charge in [-0.15, -0.1) is 10.2 Å². The van der Waals surface area contributed by atoms with Crippen LogP contribution in [0.2, 0.25) is 5.15 Å². The summed E-state index contributed by atoms with van der Waals surface area (Å²) in [7, 11) is 0. The minimum absolute atomic E-state index is 0.440. The van der Waals surface area contributed by atoms with Gasteiger partial charge in [-0.05, 0) is 30.5 Å². The molecule has 1 aromatic rings. The molecule has 0 aliphatic heterocycles. The van der Waals surface area contributed by atoms with Crippen molar-refractivity contribution in [3.63, 3.8) is 0 Å². The fourth-order valence-electron chi connectivity index (χ4n) is 1.30. The second kappa shape index (κ2) is 3.71. The highest BCUT2D eigenvalue weighted by atomic mass is 35.5. The molecule has 1 aliphatic rings. The molecule has 2 nitrogen and oxygen atoms in total. The van der Waals surface area contributed by atoms with E-state index in [4.69, 9.17) is 11.6 Å². The van der Waals surface area contributed by atoms with Crippen LogP contribution in [0.4, 0.5) is 0 Å². The lowest BCUT2D eigenvalue weighted by Crippen LogP contribution is -1.93. The molecule has 1 aromatic heterocycles. The Kier molecular flexibility index (Phi) is 2.41. The van der Waals surface area contributed by atoms with Crippen LogP contribution < -0.4 is 0 Å². The molecule has 0 unspecified atom stereocenters. The van der Waals surface area contributed by atoms with Crippen molar-refractivity contribution >= 4 is 17.2 Å². The first-order chi connectivity index (χ1) is 6.36. The highest BCUT2D eigenvalue weighted by Crippen LogP contribution is 2.21. The van der Waals surface area contributed by atoms with Gasteiger partial charge in [0.05, 0.1) is 5.69 Å². The molecular formula is C10H9ClN2. The van der Waals surface area contributed by atoms with Crippen molar-refractivity contribution in [1.82, 2.24) is 10.2 Å². The van der Waals surface area contributed by atoms with Crippen molar-refractivity contribution in [3.8, 4) is 0 Å². The lowest BCUT2D eigenvalue weighted by Gasteiger charge is -2.06. The van der Waals surface area contributed by atoms with Crippen LogP contribution in [0, 0.1) is 0 Å². The summed E-state index contributed by atoms with van der Waals surface area (Å²) >= 11 is 5.64. The average molecular weight is 193 g/mol. The van der Waals surface area contributed by atoms with Gasteiger partial charge in [-0.25, -0.2) is 0 Å². The molecule has 1 aliphatic carbocycles. The first-order valence-corrected chi connectivity index (χ1v) is 4.59. The van der Waals surface area contributed by atoms with Crippen molar-refractivity contribution in [2.45, 2.75) is 12.8 Å². The van der Waals surface area contributed by atoms with Gasteiger partial charge in [0.1, 0.15) is 0 Å². The van der Waals surface area contributed by atoms with E-state index in [1.807, 2.05) is 6.07 Å². The second-order valence-corrected chi connectivity index (χ2v) is 3.29. The summed E-state index contributed by atoms with van der Waals surface area (Å²) in [5, 5.41) is 8.26. The molecule has 2 rings (SSSR count). The first kappa shape index (κ1) is 8.45. The quantitative estimate of drug-likeness (QED) is 0.684. The van der Waals surface area contributed by atoms with E-state index >= 15 is 0 Å². The summed E-state index contributed by atoms with van der Waals surface area (Å²) < 4.78 is 0. The summed E-state index contributed by atoms with van der Waals surface area (Å²) in [6, 6.07) is 3.67. The normalized spacial score (nSPS) is 15.6. The van der Waals surface area contributed by atoms with E-state index in [1.54, 1.807) is 6.07 Å². The van der Waals surface area contributed by atoms with Crippen molar-refractivity contribution in [1.29, 1.82) is 0 Å². The fourth-order valence-corrected chi connectivity index (χ4v) is 1.40. The van der Waals surface area contributed by atoms with Crippen molar-refractivity contribution in [2.75, 3.05) is 0 Å². The molecule has 0 saturated carbocycles. The molecule has 3 heteroatoms. The van der Waals surface area contributed by atoms with Gasteiger partial charge in [0.2, 0.25) is 0 Å². The predicted molar refractivity (Wildman–Crippen MR) is 53.4 cm³/mol. The number of allylic oxidation sites excluding steroid dienone is 4. The standard InChI is InChI=1S/C10H9ClN2/c11-10-7-6-9(12-13-10)8-4-2-1-3-5-8/h1-2,4,6-7H,3,5H2. The molecule has 13 heavy (non-hydrogen) atoms. The molecule has 0 fully saturated rings. The van der Waals surface area contributed by atoms with Crippen molar-refractivity contribution in [2.24, 2.45) is 0 Å². The lowest BCUT2D eigenvalue weighted by atomic mass is 10.0. The van der Waals surface area contributed by atoms with Crippen LogP contribution in [-0.2, 0) is 0 Å². The number of aromatic nitrogens is 2. The van der Waals surface area contributed by atoms with Gasteiger partial charge in [0.25, 0.3) is 0 Å². The molecule has 1 heterocycles. The van der Waals surface area contributed by atoms with Crippen LogP contribution in [-0.4, -0.2) is 10.2 Å². The predicted octanol–water partition coefficient (Wildman–Crippen LogP) is 2.86. The van der Waals surface area contributed by atoms with E-state index in [0.29, 0.717) is 5.15 Å². The average Bonchev–Trinajstić information content (AvgIpc) is 2.20. The highest BCUT2D eigenvalue weighted by molar-refractivity contribution is 6.29. The lowest BCUT2D eigenvalue weighted by molar-refractivity contribution is 0.973. The third kappa shape index (κ3) is 1.95.